The van der Waals surface area contributed by atoms with E-state index in [-0.39, 0.29) is 11.8 Å². The van der Waals surface area contributed by atoms with E-state index in [1.165, 1.54) is 31.5 Å². The van der Waals surface area contributed by atoms with Crippen molar-refractivity contribution in [2.24, 2.45) is 0 Å². The quantitative estimate of drug-likeness (QED) is 0.812. The smallest absolute Gasteiger partial charge is 0.325 e. The van der Waals surface area contributed by atoms with E-state index in [0.29, 0.717) is 20.6 Å². The monoisotopic (exact) mass is 376 g/mol. The Kier molecular flexibility index (Phi) is 4.13. The highest BCUT2D eigenvalue weighted by Crippen LogP contribution is 2.27. The lowest BCUT2D eigenvalue weighted by atomic mass is 10.3. The summed E-state index contributed by atoms with van der Waals surface area (Å²) in [6.45, 7) is 0. The summed E-state index contributed by atoms with van der Waals surface area (Å²) in [5, 5.41) is 0. The van der Waals surface area contributed by atoms with Gasteiger partial charge in [0.1, 0.15) is 11.6 Å². The molecule has 0 amide bonds. The standard InChI is InChI=1S/C11H7Br2FN2O2/c1-17-10-8(13)5-15-11(16-10)18-6-2-3-9(14)7(12)4-6/h2-5H,1H3. The normalized spacial score (nSPS) is 10.2. The molecular weight excluding hydrogens is 371 g/mol. The summed E-state index contributed by atoms with van der Waals surface area (Å²) < 4.78 is 24.4. The fourth-order valence-corrected chi connectivity index (χ4v) is 1.89. The van der Waals surface area contributed by atoms with Crippen LogP contribution in [0.25, 0.3) is 0 Å². The van der Waals surface area contributed by atoms with Gasteiger partial charge in [0.25, 0.3) is 0 Å². The third kappa shape index (κ3) is 2.97. The van der Waals surface area contributed by atoms with E-state index in [9.17, 15) is 4.39 Å². The van der Waals surface area contributed by atoms with Crippen molar-refractivity contribution in [3.8, 4) is 17.6 Å². The van der Waals surface area contributed by atoms with Gasteiger partial charge in [-0.25, -0.2) is 9.37 Å². The predicted molar refractivity (Wildman–Crippen MR) is 70.5 cm³/mol. The van der Waals surface area contributed by atoms with E-state index in [4.69, 9.17) is 9.47 Å². The largest absolute Gasteiger partial charge is 0.480 e. The van der Waals surface area contributed by atoms with Crippen LogP contribution in [0.4, 0.5) is 4.39 Å². The molecule has 1 aromatic carbocycles. The first-order valence-electron chi connectivity index (χ1n) is 4.79. The Morgan fingerprint density at radius 3 is 2.67 bits per heavy atom. The van der Waals surface area contributed by atoms with Gasteiger partial charge in [0.05, 0.1) is 22.3 Å². The first kappa shape index (κ1) is 13.2. The number of nitrogens with zero attached hydrogens (tertiary/aromatic N) is 2. The summed E-state index contributed by atoms with van der Waals surface area (Å²) in [6, 6.07) is 4.38. The average Bonchev–Trinajstić information content (AvgIpc) is 2.36. The minimum atomic E-state index is -0.364. The summed E-state index contributed by atoms with van der Waals surface area (Å²) in [4.78, 5) is 7.99. The van der Waals surface area contributed by atoms with Crippen molar-refractivity contribution < 1.29 is 13.9 Å². The van der Waals surface area contributed by atoms with Crippen LogP contribution in [0.2, 0.25) is 0 Å². The number of hydrogen-bond donors (Lipinski definition) is 0. The Balaban J connectivity index is 2.25. The van der Waals surface area contributed by atoms with E-state index >= 15 is 0 Å². The van der Waals surface area contributed by atoms with Gasteiger partial charge in [-0.2, -0.15) is 4.98 Å². The van der Waals surface area contributed by atoms with Crippen LogP contribution in [-0.4, -0.2) is 17.1 Å². The first-order chi connectivity index (χ1) is 8.60. The Morgan fingerprint density at radius 2 is 2.00 bits per heavy atom. The maximum Gasteiger partial charge on any atom is 0.325 e. The molecule has 0 radical (unpaired) electrons. The lowest BCUT2D eigenvalue weighted by Gasteiger charge is -2.06. The minimum Gasteiger partial charge on any atom is -0.480 e. The SMILES string of the molecule is COc1nc(Oc2ccc(F)c(Br)c2)ncc1Br. The van der Waals surface area contributed by atoms with Crippen molar-refractivity contribution in [1.29, 1.82) is 0 Å². The summed E-state index contributed by atoms with van der Waals surface area (Å²) in [6.07, 6.45) is 1.51. The fourth-order valence-electron chi connectivity index (χ4n) is 1.17. The molecule has 0 unspecified atom stereocenters. The van der Waals surface area contributed by atoms with Crippen molar-refractivity contribution in [3.63, 3.8) is 0 Å². The molecule has 0 fully saturated rings. The molecule has 2 rings (SSSR count). The van der Waals surface area contributed by atoms with E-state index in [0.717, 1.165) is 0 Å². The van der Waals surface area contributed by atoms with Crippen LogP contribution in [0.3, 0.4) is 0 Å². The number of hydrogen-bond acceptors (Lipinski definition) is 4. The van der Waals surface area contributed by atoms with Gasteiger partial charge in [0.15, 0.2) is 0 Å². The van der Waals surface area contributed by atoms with E-state index in [1.807, 2.05) is 0 Å². The average molecular weight is 378 g/mol. The van der Waals surface area contributed by atoms with Crippen molar-refractivity contribution in [1.82, 2.24) is 9.97 Å². The maximum absolute atomic E-state index is 13.0. The predicted octanol–water partition coefficient (Wildman–Crippen LogP) is 3.94. The maximum atomic E-state index is 13.0. The number of halogens is 3. The zero-order valence-electron chi connectivity index (χ0n) is 9.15. The fraction of sp³-hybridized carbons (Fsp3) is 0.0909. The van der Waals surface area contributed by atoms with E-state index < -0.39 is 0 Å². The number of benzene rings is 1. The zero-order valence-corrected chi connectivity index (χ0v) is 12.3. The molecule has 0 atom stereocenters. The van der Waals surface area contributed by atoms with Crippen molar-refractivity contribution >= 4 is 31.9 Å². The molecule has 0 saturated carbocycles. The van der Waals surface area contributed by atoms with Crippen LogP contribution in [-0.2, 0) is 0 Å². The Bertz CT molecular complexity index is 581. The molecule has 1 heterocycles. The minimum absolute atomic E-state index is 0.119. The van der Waals surface area contributed by atoms with Crippen molar-refractivity contribution in [2.75, 3.05) is 7.11 Å². The third-order valence-corrected chi connectivity index (χ3v) is 3.14. The number of methoxy groups -OCH3 is 1. The molecule has 0 aliphatic carbocycles. The molecular formula is C11H7Br2FN2O2. The molecule has 0 N–H and O–H groups in total. The highest BCUT2D eigenvalue weighted by molar-refractivity contribution is 9.10. The molecule has 18 heavy (non-hydrogen) atoms. The zero-order chi connectivity index (χ0) is 13.1. The Labute approximate surface area is 119 Å². The highest BCUT2D eigenvalue weighted by Gasteiger charge is 2.08. The van der Waals surface area contributed by atoms with E-state index in [1.54, 1.807) is 0 Å². The molecule has 2 aromatic rings. The third-order valence-electron chi connectivity index (χ3n) is 1.98. The van der Waals surface area contributed by atoms with Crippen LogP contribution in [0.5, 0.6) is 17.6 Å². The highest BCUT2D eigenvalue weighted by atomic mass is 79.9. The van der Waals surface area contributed by atoms with Gasteiger partial charge in [0.2, 0.25) is 5.88 Å². The van der Waals surface area contributed by atoms with Crippen LogP contribution in [0.15, 0.2) is 33.3 Å². The van der Waals surface area contributed by atoms with Crippen molar-refractivity contribution in [3.05, 3.63) is 39.2 Å². The molecule has 7 heteroatoms. The lowest BCUT2D eigenvalue weighted by molar-refractivity contribution is 0.373. The summed E-state index contributed by atoms with van der Waals surface area (Å²) in [5.41, 5.74) is 0. The molecule has 1 aromatic heterocycles. The summed E-state index contributed by atoms with van der Waals surface area (Å²) >= 11 is 6.31. The van der Waals surface area contributed by atoms with Crippen LogP contribution in [0.1, 0.15) is 0 Å². The Morgan fingerprint density at radius 1 is 1.22 bits per heavy atom. The van der Waals surface area contributed by atoms with Crippen LogP contribution >= 0.6 is 31.9 Å². The molecule has 94 valence electrons. The number of ether oxygens (including phenoxy) is 2. The van der Waals surface area contributed by atoms with Crippen LogP contribution < -0.4 is 9.47 Å². The second kappa shape index (κ2) is 5.62. The first-order valence-corrected chi connectivity index (χ1v) is 6.38. The second-order valence-corrected chi connectivity index (χ2v) is 4.90. The molecule has 0 aliphatic heterocycles. The number of aromatic nitrogens is 2. The molecule has 0 saturated heterocycles. The lowest BCUT2D eigenvalue weighted by Crippen LogP contribution is -1.96. The van der Waals surface area contributed by atoms with Gasteiger partial charge in [-0.05, 0) is 50.1 Å². The van der Waals surface area contributed by atoms with Gasteiger partial charge in [-0.3, -0.25) is 0 Å². The van der Waals surface area contributed by atoms with Crippen molar-refractivity contribution in [2.45, 2.75) is 0 Å². The Hall–Kier alpha value is -1.21. The van der Waals surface area contributed by atoms with Gasteiger partial charge in [-0.15, -0.1) is 0 Å². The summed E-state index contributed by atoms with van der Waals surface area (Å²) in [7, 11) is 1.49. The van der Waals surface area contributed by atoms with Gasteiger partial charge in [0, 0.05) is 0 Å². The second-order valence-electron chi connectivity index (χ2n) is 3.19. The van der Waals surface area contributed by atoms with Gasteiger partial charge >= 0.3 is 6.01 Å². The molecule has 0 aliphatic rings. The summed E-state index contributed by atoms with van der Waals surface area (Å²) in [5.74, 6) is 0.422. The number of rotatable bonds is 3. The topological polar surface area (TPSA) is 44.2 Å². The van der Waals surface area contributed by atoms with Crippen LogP contribution in [0, 0.1) is 5.82 Å². The van der Waals surface area contributed by atoms with Gasteiger partial charge < -0.3 is 9.47 Å². The molecule has 0 bridgehead atoms. The molecule has 4 nitrogen and oxygen atoms in total. The van der Waals surface area contributed by atoms with Gasteiger partial charge in [-0.1, -0.05) is 0 Å². The molecule has 0 spiro atoms. The van der Waals surface area contributed by atoms with E-state index in [2.05, 4.69) is 41.8 Å².